The third kappa shape index (κ3) is 30.2. The van der Waals surface area contributed by atoms with E-state index in [1.807, 2.05) is 0 Å². The summed E-state index contributed by atoms with van der Waals surface area (Å²) in [5.41, 5.74) is 0. The summed E-state index contributed by atoms with van der Waals surface area (Å²) in [5.74, 6) is -0.793. The smallest absolute Gasteiger partial charge is 0.249 e. The molecular formula is C52H101NO11. The molecule has 0 saturated carbocycles. The van der Waals surface area contributed by atoms with Crippen LogP contribution in [0.2, 0.25) is 0 Å². The van der Waals surface area contributed by atoms with Gasteiger partial charge in [0, 0.05) is 0 Å². The molecule has 1 fully saturated rings. The van der Waals surface area contributed by atoms with Gasteiger partial charge in [0.1, 0.15) is 48.8 Å². The summed E-state index contributed by atoms with van der Waals surface area (Å²) in [5, 5.41) is 86.4. The number of unbranched alkanes of at least 4 members (excludes halogenated alkanes) is 32. The van der Waals surface area contributed by atoms with Crippen LogP contribution in [0, 0.1) is 0 Å². The zero-order valence-electron chi connectivity index (χ0n) is 40.9. The van der Waals surface area contributed by atoms with E-state index in [0.717, 1.165) is 38.5 Å². The minimum atomic E-state index is -1.77. The van der Waals surface area contributed by atoms with Gasteiger partial charge in [0.25, 0.3) is 0 Å². The number of amides is 1. The van der Waals surface area contributed by atoms with Crippen LogP contribution in [0.3, 0.4) is 0 Å². The zero-order valence-corrected chi connectivity index (χ0v) is 40.9. The first-order valence-electron chi connectivity index (χ1n) is 26.7. The van der Waals surface area contributed by atoms with Gasteiger partial charge < -0.3 is 55.6 Å². The molecule has 1 aliphatic rings. The van der Waals surface area contributed by atoms with Gasteiger partial charge in [0.15, 0.2) is 6.29 Å². The Hall–Kier alpha value is -1.19. The Balaban J connectivity index is 2.36. The SMILES string of the molecule is CCCCCCCCCCCC=CC(O)C(O)C(O)C(COC1OC(CO)C(O)C(O)C1O)NC(=O)C(O)CCCCCCCCCCCCCCCCCCCCCCCCCC. The van der Waals surface area contributed by atoms with Crippen LogP contribution in [0.25, 0.3) is 0 Å². The molecule has 1 aliphatic heterocycles. The molecule has 1 amide bonds. The molecule has 0 aromatic carbocycles. The Morgan fingerprint density at radius 3 is 1.34 bits per heavy atom. The van der Waals surface area contributed by atoms with Crippen LogP contribution in [-0.4, -0.2) is 121 Å². The molecule has 0 bridgehead atoms. The van der Waals surface area contributed by atoms with Crippen LogP contribution in [-0.2, 0) is 14.3 Å². The van der Waals surface area contributed by atoms with Crippen molar-refractivity contribution >= 4 is 5.91 Å². The second-order valence-corrected chi connectivity index (χ2v) is 19.1. The normalized spacial score (nSPS) is 21.6. The lowest BCUT2D eigenvalue weighted by atomic mass is 9.98. The van der Waals surface area contributed by atoms with E-state index >= 15 is 0 Å². The van der Waals surface area contributed by atoms with Crippen molar-refractivity contribution in [3.05, 3.63) is 12.2 Å². The van der Waals surface area contributed by atoms with Crippen molar-refractivity contribution in [3.63, 3.8) is 0 Å². The number of allylic oxidation sites excluding steroid dienone is 1. The van der Waals surface area contributed by atoms with E-state index in [2.05, 4.69) is 19.2 Å². The molecule has 0 spiro atoms. The highest BCUT2D eigenvalue weighted by Crippen LogP contribution is 2.23. The van der Waals surface area contributed by atoms with Gasteiger partial charge in [0.05, 0.1) is 19.3 Å². The van der Waals surface area contributed by atoms with Crippen molar-refractivity contribution in [1.82, 2.24) is 5.32 Å². The topological polar surface area (TPSA) is 209 Å². The highest BCUT2D eigenvalue weighted by Gasteiger charge is 2.45. The summed E-state index contributed by atoms with van der Waals surface area (Å²) in [7, 11) is 0. The van der Waals surface area contributed by atoms with Gasteiger partial charge in [-0.05, 0) is 19.3 Å². The summed E-state index contributed by atoms with van der Waals surface area (Å²) in [4.78, 5) is 13.1. The van der Waals surface area contributed by atoms with Crippen molar-refractivity contribution in [2.75, 3.05) is 13.2 Å². The van der Waals surface area contributed by atoms with E-state index in [-0.39, 0.29) is 6.42 Å². The number of aliphatic hydroxyl groups excluding tert-OH is 8. The molecule has 1 rings (SSSR count). The Kier molecular flexibility index (Phi) is 39.9. The Morgan fingerprint density at radius 2 is 0.938 bits per heavy atom. The van der Waals surface area contributed by atoms with Crippen molar-refractivity contribution in [2.45, 2.75) is 300 Å². The van der Waals surface area contributed by atoms with Gasteiger partial charge in [-0.15, -0.1) is 0 Å². The first-order chi connectivity index (χ1) is 31.1. The van der Waals surface area contributed by atoms with E-state index in [9.17, 15) is 45.6 Å². The fourth-order valence-electron chi connectivity index (χ4n) is 8.70. The number of nitrogens with one attached hydrogen (secondary N) is 1. The van der Waals surface area contributed by atoms with E-state index in [1.54, 1.807) is 6.08 Å². The van der Waals surface area contributed by atoms with Gasteiger partial charge in [-0.2, -0.15) is 0 Å². The lowest BCUT2D eigenvalue weighted by Crippen LogP contribution is -2.60. The van der Waals surface area contributed by atoms with E-state index < -0.39 is 80.3 Å². The van der Waals surface area contributed by atoms with Crippen LogP contribution >= 0.6 is 0 Å². The second kappa shape index (κ2) is 42.0. The number of hydrogen-bond donors (Lipinski definition) is 9. The number of carbonyl (C=O) groups is 1. The van der Waals surface area contributed by atoms with Crippen molar-refractivity contribution in [3.8, 4) is 0 Å². The highest BCUT2D eigenvalue weighted by molar-refractivity contribution is 5.80. The first-order valence-corrected chi connectivity index (χ1v) is 26.7. The third-order valence-electron chi connectivity index (χ3n) is 13.2. The summed E-state index contributed by atoms with van der Waals surface area (Å²) in [6, 6.07) is -1.37. The maximum absolute atomic E-state index is 13.1. The molecule has 10 unspecified atom stereocenters. The van der Waals surface area contributed by atoms with Crippen LogP contribution in [0.4, 0.5) is 0 Å². The van der Waals surface area contributed by atoms with Crippen LogP contribution in [0.1, 0.15) is 239 Å². The van der Waals surface area contributed by atoms with Gasteiger partial charge in [-0.25, -0.2) is 0 Å². The van der Waals surface area contributed by atoms with Gasteiger partial charge in [-0.3, -0.25) is 4.79 Å². The van der Waals surface area contributed by atoms with Crippen molar-refractivity contribution in [1.29, 1.82) is 0 Å². The standard InChI is InChI=1S/C52H101NO11/c1-3-5-7-9-11-13-15-16-17-18-19-20-21-22-23-24-25-26-27-29-31-33-35-37-39-44(56)51(62)53-42(41-63-52-50(61)49(60)48(59)45(40-54)64-52)46(57)47(58)43(55)38-36-34-32-30-28-14-12-10-8-6-4-2/h36,38,42-50,52,54-61H,3-35,37,39-41H2,1-2H3,(H,53,62). The van der Waals surface area contributed by atoms with Gasteiger partial charge in [0.2, 0.25) is 5.91 Å². The number of carbonyl (C=O) groups excluding carboxylic acids is 1. The van der Waals surface area contributed by atoms with Crippen molar-refractivity contribution < 1.29 is 55.1 Å². The van der Waals surface area contributed by atoms with Gasteiger partial charge >= 0.3 is 0 Å². The molecule has 10 atom stereocenters. The molecule has 0 aromatic rings. The molecule has 0 aromatic heterocycles. The summed E-state index contributed by atoms with van der Waals surface area (Å²) in [6.07, 6.45) is 31.4. The van der Waals surface area contributed by atoms with E-state index in [1.165, 1.54) is 173 Å². The molecule has 0 aliphatic carbocycles. The second-order valence-electron chi connectivity index (χ2n) is 19.1. The quantitative estimate of drug-likeness (QED) is 0.0208. The molecule has 1 heterocycles. The minimum Gasteiger partial charge on any atom is -0.394 e. The summed E-state index contributed by atoms with van der Waals surface area (Å²) in [6.45, 7) is 3.25. The van der Waals surface area contributed by atoms with Crippen LogP contribution < -0.4 is 5.32 Å². The van der Waals surface area contributed by atoms with Gasteiger partial charge in [-0.1, -0.05) is 231 Å². The Bertz CT molecular complexity index is 1070. The molecule has 9 N–H and O–H groups in total. The Morgan fingerprint density at radius 1 is 0.547 bits per heavy atom. The van der Waals surface area contributed by atoms with E-state index in [0.29, 0.717) is 12.8 Å². The van der Waals surface area contributed by atoms with Crippen LogP contribution in [0.5, 0.6) is 0 Å². The number of rotatable bonds is 45. The molecule has 64 heavy (non-hydrogen) atoms. The predicted octanol–water partition coefficient (Wildman–Crippen LogP) is 8.98. The minimum absolute atomic E-state index is 0.203. The average molecular weight is 916 g/mol. The van der Waals surface area contributed by atoms with E-state index in [4.69, 9.17) is 9.47 Å². The largest absolute Gasteiger partial charge is 0.394 e. The molecule has 1 saturated heterocycles. The third-order valence-corrected chi connectivity index (χ3v) is 13.2. The average Bonchev–Trinajstić information content (AvgIpc) is 3.29. The fraction of sp³-hybridized carbons (Fsp3) is 0.942. The summed E-state index contributed by atoms with van der Waals surface area (Å²) < 4.78 is 11.0. The molecule has 12 heteroatoms. The van der Waals surface area contributed by atoms with Crippen LogP contribution in [0.15, 0.2) is 12.2 Å². The lowest BCUT2D eigenvalue weighted by molar-refractivity contribution is -0.303. The zero-order chi connectivity index (χ0) is 47.0. The molecule has 12 nitrogen and oxygen atoms in total. The number of hydrogen-bond acceptors (Lipinski definition) is 11. The van der Waals surface area contributed by atoms with Crippen molar-refractivity contribution in [2.24, 2.45) is 0 Å². The lowest BCUT2D eigenvalue weighted by Gasteiger charge is -2.40. The number of ether oxygens (including phenoxy) is 2. The molecule has 380 valence electrons. The fourth-order valence-corrected chi connectivity index (χ4v) is 8.70. The summed E-state index contributed by atoms with van der Waals surface area (Å²) >= 11 is 0. The Labute approximate surface area is 390 Å². The highest BCUT2D eigenvalue weighted by atomic mass is 16.7. The number of aliphatic hydroxyl groups is 8. The first kappa shape index (κ1) is 60.8. The maximum Gasteiger partial charge on any atom is 0.249 e. The molecular weight excluding hydrogens is 815 g/mol. The maximum atomic E-state index is 13.1. The predicted molar refractivity (Wildman–Crippen MR) is 258 cm³/mol. The monoisotopic (exact) mass is 916 g/mol. The molecule has 0 radical (unpaired) electrons.